The predicted molar refractivity (Wildman–Crippen MR) is 64.1 cm³/mol. The van der Waals surface area contributed by atoms with Gasteiger partial charge >= 0.3 is 0 Å². The van der Waals surface area contributed by atoms with E-state index in [-0.39, 0.29) is 35.6 Å². The molecule has 2 heterocycles. The third kappa shape index (κ3) is 1.66. The molecule has 3 rings (SSSR count). The third-order valence-corrected chi connectivity index (χ3v) is 4.27. The lowest BCUT2D eigenvalue weighted by Gasteiger charge is -2.59. The van der Waals surface area contributed by atoms with Crippen LogP contribution in [0, 0.1) is 11.8 Å². The van der Waals surface area contributed by atoms with Gasteiger partial charge in [-0.15, -0.1) is 0 Å². The van der Waals surface area contributed by atoms with Crippen molar-refractivity contribution < 1.29 is 19.1 Å². The number of hydrogen-bond acceptors (Lipinski definition) is 4. The summed E-state index contributed by atoms with van der Waals surface area (Å²) in [6.45, 7) is 7.68. The number of fused-ring (bicyclic) bond motifs is 4. The molecular weight excluding hydrogens is 232 g/mol. The quantitative estimate of drug-likeness (QED) is 0.655. The van der Waals surface area contributed by atoms with E-state index >= 15 is 0 Å². The molecule has 3 fully saturated rings. The molecule has 0 bridgehead atoms. The van der Waals surface area contributed by atoms with Crippen molar-refractivity contribution in [2.75, 3.05) is 0 Å². The van der Waals surface area contributed by atoms with E-state index in [1.165, 1.54) is 0 Å². The summed E-state index contributed by atoms with van der Waals surface area (Å²) in [5.74, 6) is -0.193. The molecule has 0 N–H and O–H groups in total. The molecule has 4 nitrogen and oxygen atoms in total. The van der Waals surface area contributed by atoms with Crippen molar-refractivity contribution in [2.45, 2.75) is 63.9 Å². The van der Waals surface area contributed by atoms with E-state index in [1.807, 2.05) is 27.7 Å². The summed E-state index contributed by atoms with van der Waals surface area (Å²) in [7, 11) is 0. The highest BCUT2D eigenvalue weighted by Gasteiger charge is 2.65. The third-order valence-electron chi connectivity index (χ3n) is 4.27. The van der Waals surface area contributed by atoms with Crippen LogP contribution in [0.2, 0.25) is 0 Å². The molecule has 1 saturated carbocycles. The second-order valence-electron chi connectivity index (χ2n) is 7.02. The maximum absolute atomic E-state index is 12.1. The largest absolute Gasteiger partial charge is 0.368 e. The SMILES string of the molecule is CC1(C)CC(=O)[C@H]2[C@@H](O1)[C@@H]1OC(C)(C)CC(=O)[C@@H]12. The lowest BCUT2D eigenvalue weighted by molar-refractivity contribution is -0.282. The molecule has 1 aliphatic carbocycles. The summed E-state index contributed by atoms with van der Waals surface area (Å²) in [6, 6.07) is 0. The first kappa shape index (κ1) is 12.3. The van der Waals surface area contributed by atoms with E-state index in [0.29, 0.717) is 12.8 Å². The Kier molecular flexibility index (Phi) is 2.34. The summed E-state index contributed by atoms with van der Waals surface area (Å²) in [5.41, 5.74) is -0.867. The Labute approximate surface area is 107 Å². The number of rotatable bonds is 0. The van der Waals surface area contributed by atoms with Crippen molar-refractivity contribution in [1.29, 1.82) is 0 Å². The van der Waals surface area contributed by atoms with Crippen LogP contribution in [0.25, 0.3) is 0 Å². The van der Waals surface area contributed by atoms with Gasteiger partial charge in [0.15, 0.2) is 0 Å². The normalized spacial score (nSPS) is 44.9. The summed E-state index contributed by atoms with van der Waals surface area (Å²) in [5, 5.41) is 0. The Hall–Kier alpha value is -0.740. The minimum absolute atomic E-state index is 0.161. The van der Waals surface area contributed by atoms with Gasteiger partial charge in [-0.2, -0.15) is 0 Å². The Bertz CT molecular complexity index is 384. The predicted octanol–water partition coefficient (Wildman–Crippen LogP) is 1.51. The fourth-order valence-corrected chi connectivity index (χ4v) is 3.61. The van der Waals surface area contributed by atoms with Gasteiger partial charge in [-0.1, -0.05) is 0 Å². The summed E-state index contributed by atoms with van der Waals surface area (Å²) in [4.78, 5) is 24.3. The van der Waals surface area contributed by atoms with Crippen molar-refractivity contribution in [2.24, 2.45) is 11.8 Å². The Morgan fingerprint density at radius 3 is 1.50 bits per heavy atom. The topological polar surface area (TPSA) is 52.6 Å². The van der Waals surface area contributed by atoms with E-state index in [9.17, 15) is 9.59 Å². The van der Waals surface area contributed by atoms with Crippen LogP contribution in [-0.4, -0.2) is 35.0 Å². The molecular formula is C14H20O4. The van der Waals surface area contributed by atoms with Gasteiger partial charge in [0.25, 0.3) is 0 Å². The first-order valence-corrected chi connectivity index (χ1v) is 6.61. The number of hydrogen-bond donors (Lipinski definition) is 0. The van der Waals surface area contributed by atoms with Crippen LogP contribution in [0.15, 0.2) is 0 Å². The van der Waals surface area contributed by atoms with E-state index in [0.717, 1.165) is 0 Å². The second kappa shape index (κ2) is 3.42. The Morgan fingerprint density at radius 2 is 1.17 bits per heavy atom. The van der Waals surface area contributed by atoms with Crippen LogP contribution < -0.4 is 0 Å². The first-order valence-electron chi connectivity index (χ1n) is 6.61. The molecule has 2 saturated heterocycles. The van der Waals surface area contributed by atoms with Crippen LogP contribution >= 0.6 is 0 Å². The highest BCUT2D eigenvalue weighted by Crippen LogP contribution is 2.51. The van der Waals surface area contributed by atoms with Crippen LogP contribution in [0.3, 0.4) is 0 Å². The molecule has 4 atom stereocenters. The average molecular weight is 252 g/mol. The van der Waals surface area contributed by atoms with E-state index in [4.69, 9.17) is 9.47 Å². The van der Waals surface area contributed by atoms with Crippen LogP contribution in [0.4, 0.5) is 0 Å². The van der Waals surface area contributed by atoms with Gasteiger partial charge in [0, 0.05) is 12.8 Å². The molecule has 0 aromatic rings. The molecule has 0 aromatic heterocycles. The summed E-state index contributed by atoms with van der Waals surface area (Å²) >= 11 is 0. The fraction of sp³-hybridized carbons (Fsp3) is 0.857. The van der Waals surface area contributed by atoms with E-state index in [1.54, 1.807) is 0 Å². The van der Waals surface area contributed by atoms with E-state index in [2.05, 4.69) is 0 Å². The van der Waals surface area contributed by atoms with Gasteiger partial charge in [0.1, 0.15) is 11.6 Å². The molecule has 0 aromatic carbocycles. The zero-order valence-electron chi connectivity index (χ0n) is 11.4. The van der Waals surface area contributed by atoms with Crippen molar-refractivity contribution in [3.8, 4) is 0 Å². The van der Waals surface area contributed by atoms with Crippen LogP contribution in [0.5, 0.6) is 0 Å². The molecule has 18 heavy (non-hydrogen) atoms. The standard InChI is InChI=1S/C14H20O4/c1-13(2)5-7(15)9-10-8(16)6-14(3,4)18-12(10)11(9)17-13/h9-12H,5-6H2,1-4H3/t9-,10-,11-,12-/m1/s1. The van der Waals surface area contributed by atoms with Crippen LogP contribution in [-0.2, 0) is 19.1 Å². The molecule has 0 amide bonds. The zero-order valence-corrected chi connectivity index (χ0v) is 11.4. The maximum Gasteiger partial charge on any atom is 0.142 e. The monoisotopic (exact) mass is 252 g/mol. The molecule has 3 aliphatic rings. The Balaban J connectivity index is 1.87. The van der Waals surface area contributed by atoms with Gasteiger partial charge in [-0.3, -0.25) is 9.59 Å². The van der Waals surface area contributed by atoms with Crippen molar-refractivity contribution in [3.05, 3.63) is 0 Å². The summed E-state index contributed by atoms with van der Waals surface area (Å²) < 4.78 is 11.9. The number of carbonyl (C=O) groups is 2. The smallest absolute Gasteiger partial charge is 0.142 e. The van der Waals surface area contributed by atoms with Gasteiger partial charge in [0.05, 0.1) is 35.2 Å². The van der Waals surface area contributed by atoms with Crippen molar-refractivity contribution >= 4 is 11.6 Å². The lowest BCUT2D eigenvalue weighted by atomic mass is 9.59. The Morgan fingerprint density at radius 1 is 0.833 bits per heavy atom. The highest BCUT2D eigenvalue weighted by molar-refractivity contribution is 5.94. The molecule has 4 heteroatoms. The minimum atomic E-state index is -0.433. The molecule has 0 radical (unpaired) electrons. The summed E-state index contributed by atoms with van der Waals surface area (Å²) in [6.07, 6.45) is 0.340. The zero-order chi connectivity index (χ0) is 13.3. The number of carbonyl (C=O) groups excluding carboxylic acids is 2. The molecule has 2 aliphatic heterocycles. The first-order chi connectivity index (χ1) is 8.20. The lowest BCUT2D eigenvalue weighted by Crippen LogP contribution is -2.71. The van der Waals surface area contributed by atoms with Gasteiger partial charge in [-0.25, -0.2) is 0 Å². The van der Waals surface area contributed by atoms with E-state index < -0.39 is 11.2 Å². The molecule has 100 valence electrons. The van der Waals surface area contributed by atoms with Crippen LogP contribution in [0.1, 0.15) is 40.5 Å². The molecule has 0 spiro atoms. The van der Waals surface area contributed by atoms with Gasteiger partial charge in [-0.05, 0) is 27.7 Å². The maximum atomic E-state index is 12.1. The number of ketones is 2. The van der Waals surface area contributed by atoms with Gasteiger partial charge in [0.2, 0.25) is 0 Å². The fourth-order valence-electron chi connectivity index (χ4n) is 3.61. The minimum Gasteiger partial charge on any atom is -0.368 e. The number of Topliss-reactive ketones (excluding diaryl/α,β-unsaturated/α-hetero) is 2. The average Bonchev–Trinajstić information content (AvgIpc) is 2.15. The second-order valence-corrected chi connectivity index (χ2v) is 7.02. The highest BCUT2D eigenvalue weighted by atomic mass is 16.6. The van der Waals surface area contributed by atoms with Crippen molar-refractivity contribution in [1.82, 2.24) is 0 Å². The number of ether oxygens (including phenoxy) is 2. The molecule has 0 unspecified atom stereocenters. The van der Waals surface area contributed by atoms with Gasteiger partial charge < -0.3 is 9.47 Å². The van der Waals surface area contributed by atoms with Crippen molar-refractivity contribution in [3.63, 3.8) is 0 Å².